The van der Waals surface area contributed by atoms with E-state index in [1.165, 1.54) is 30.3 Å². The van der Waals surface area contributed by atoms with Crippen LogP contribution in [0.3, 0.4) is 0 Å². The standard InChI is InChI=1S/C15H12Cl2F2O/c16-10-4-5-14(18)9(6-10)7-11(20)8-12-13(17)2-1-3-15(12)19/h1-6,11,20H,7-8H2. The van der Waals surface area contributed by atoms with E-state index in [0.717, 1.165) is 0 Å². The molecule has 0 spiro atoms. The van der Waals surface area contributed by atoms with Gasteiger partial charge in [0.15, 0.2) is 0 Å². The zero-order chi connectivity index (χ0) is 14.7. The van der Waals surface area contributed by atoms with E-state index < -0.39 is 17.7 Å². The summed E-state index contributed by atoms with van der Waals surface area (Å²) in [4.78, 5) is 0. The third-order valence-corrected chi connectivity index (χ3v) is 3.55. The van der Waals surface area contributed by atoms with Gasteiger partial charge >= 0.3 is 0 Å². The fraction of sp³-hybridized carbons (Fsp3) is 0.200. The lowest BCUT2D eigenvalue weighted by molar-refractivity contribution is 0.173. The summed E-state index contributed by atoms with van der Waals surface area (Å²) < 4.78 is 27.2. The number of rotatable bonds is 4. The van der Waals surface area contributed by atoms with Gasteiger partial charge in [-0.25, -0.2) is 8.78 Å². The molecule has 1 atom stereocenters. The monoisotopic (exact) mass is 316 g/mol. The Morgan fingerprint density at radius 2 is 1.75 bits per heavy atom. The molecule has 1 nitrogen and oxygen atoms in total. The maximum atomic E-state index is 13.6. The quantitative estimate of drug-likeness (QED) is 0.885. The average Bonchev–Trinajstić information content (AvgIpc) is 2.38. The Balaban J connectivity index is 2.13. The molecule has 106 valence electrons. The van der Waals surface area contributed by atoms with E-state index in [9.17, 15) is 13.9 Å². The molecule has 20 heavy (non-hydrogen) atoms. The highest BCUT2D eigenvalue weighted by Gasteiger charge is 2.15. The highest BCUT2D eigenvalue weighted by atomic mass is 35.5. The predicted molar refractivity (Wildman–Crippen MR) is 76.2 cm³/mol. The topological polar surface area (TPSA) is 20.2 Å². The van der Waals surface area contributed by atoms with Crippen molar-refractivity contribution in [3.05, 3.63) is 69.2 Å². The Morgan fingerprint density at radius 3 is 2.45 bits per heavy atom. The molecule has 0 saturated heterocycles. The molecule has 0 fully saturated rings. The van der Waals surface area contributed by atoms with Crippen LogP contribution in [0.15, 0.2) is 36.4 Å². The SMILES string of the molecule is OC(Cc1cc(Cl)ccc1F)Cc1c(F)cccc1Cl. The molecule has 0 aliphatic heterocycles. The molecule has 0 amide bonds. The van der Waals surface area contributed by atoms with Gasteiger partial charge in [0.25, 0.3) is 0 Å². The van der Waals surface area contributed by atoms with E-state index in [1.54, 1.807) is 6.07 Å². The van der Waals surface area contributed by atoms with Gasteiger partial charge in [-0.3, -0.25) is 0 Å². The number of hydrogen-bond donors (Lipinski definition) is 1. The van der Waals surface area contributed by atoms with E-state index in [-0.39, 0.29) is 29.0 Å². The lowest BCUT2D eigenvalue weighted by Crippen LogP contribution is -2.16. The Bertz CT molecular complexity index is 597. The van der Waals surface area contributed by atoms with Crippen LogP contribution in [0.2, 0.25) is 10.0 Å². The molecule has 2 aromatic rings. The minimum atomic E-state index is -0.947. The summed E-state index contributed by atoms with van der Waals surface area (Å²) in [7, 11) is 0. The minimum Gasteiger partial charge on any atom is -0.392 e. The van der Waals surface area contributed by atoms with Crippen LogP contribution in [0.4, 0.5) is 8.78 Å². The van der Waals surface area contributed by atoms with Gasteiger partial charge in [-0.05, 0) is 35.9 Å². The van der Waals surface area contributed by atoms with Crippen LogP contribution in [0, 0.1) is 11.6 Å². The molecule has 0 bridgehead atoms. The van der Waals surface area contributed by atoms with Crippen molar-refractivity contribution in [2.75, 3.05) is 0 Å². The average molecular weight is 317 g/mol. The van der Waals surface area contributed by atoms with Crippen molar-refractivity contribution in [1.82, 2.24) is 0 Å². The fourth-order valence-corrected chi connectivity index (χ4v) is 2.42. The highest BCUT2D eigenvalue weighted by Crippen LogP contribution is 2.22. The summed E-state index contributed by atoms with van der Waals surface area (Å²) in [5.74, 6) is -0.934. The van der Waals surface area contributed by atoms with Crippen LogP contribution in [0.25, 0.3) is 0 Å². The van der Waals surface area contributed by atoms with Crippen LogP contribution in [0.5, 0.6) is 0 Å². The molecule has 2 rings (SSSR count). The number of halogens is 4. The Labute approximate surface area is 125 Å². The molecule has 2 aromatic carbocycles. The third kappa shape index (κ3) is 3.69. The van der Waals surface area contributed by atoms with E-state index >= 15 is 0 Å². The molecule has 1 N–H and O–H groups in total. The summed E-state index contributed by atoms with van der Waals surface area (Å²) in [5.41, 5.74) is 0.515. The van der Waals surface area contributed by atoms with E-state index in [0.29, 0.717) is 5.02 Å². The molecule has 0 aliphatic rings. The summed E-state index contributed by atoms with van der Waals surface area (Å²) in [6.45, 7) is 0. The maximum Gasteiger partial charge on any atom is 0.127 e. The number of hydrogen-bond acceptors (Lipinski definition) is 1. The number of benzene rings is 2. The van der Waals surface area contributed by atoms with Gasteiger partial charge in [0.05, 0.1) is 6.10 Å². The molecule has 1 unspecified atom stereocenters. The molecule has 0 aromatic heterocycles. The van der Waals surface area contributed by atoms with Crippen molar-refractivity contribution in [2.45, 2.75) is 18.9 Å². The van der Waals surface area contributed by atoms with Crippen molar-refractivity contribution in [1.29, 1.82) is 0 Å². The first-order chi connectivity index (χ1) is 9.47. The number of aliphatic hydroxyl groups is 1. The zero-order valence-corrected chi connectivity index (χ0v) is 11.9. The molecule has 0 saturated carbocycles. The largest absolute Gasteiger partial charge is 0.392 e. The lowest BCUT2D eigenvalue weighted by Gasteiger charge is -2.13. The summed E-state index contributed by atoms with van der Waals surface area (Å²) in [6, 6.07) is 8.43. The minimum absolute atomic E-state index is 0.0114. The fourth-order valence-electron chi connectivity index (χ4n) is 1.99. The molecule has 5 heteroatoms. The van der Waals surface area contributed by atoms with Crippen LogP contribution in [-0.2, 0) is 12.8 Å². The first-order valence-electron chi connectivity index (χ1n) is 6.02. The van der Waals surface area contributed by atoms with Gasteiger partial charge in [-0.15, -0.1) is 0 Å². The lowest BCUT2D eigenvalue weighted by atomic mass is 10.0. The van der Waals surface area contributed by atoms with Crippen molar-refractivity contribution in [2.24, 2.45) is 0 Å². The zero-order valence-electron chi connectivity index (χ0n) is 10.4. The van der Waals surface area contributed by atoms with Crippen molar-refractivity contribution < 1.29 is 13.9 Å². The number of aliphatic hydroxyl groups excluding tert-OH is 1. The summed E-state index contributed by atoms with van der Waals surface area (Å²) >= 11 is 11.7. The summed E-state index contributed by atoms with van der Waals surface area (Å²) in [6.07, 6.45) is -0.897. The van der Waals surface area contributed by atoms with Gasteiger partial charge in [0.2, 0.25) is 0 Å². The van der Waals surface area contributed by atoms with Gasteiger partial charge in [-0.2, -0.15) is 0 Å². The van der Waals surface area contributed by atoms with Crippen LogP contribution < -0.4 is 0 Å². The highest BCUT2D eigenvalue weighted by molar-refractivity contribution is 6.31. The van der Waals surface area contributed by atoms with Crippen LogP contribution >= 0.6 is 23.2 Å². The normalized spacial score (nSPS) is 12.4. The Hall–Kier alpha value is -1.16. The Morgan fingerprint density at radius 1 is 1.00 bits per heavy atom. The predicted octanol–water partition coefficient (Wildman–Crippen LogP) is 4.42. The second-order valence-corrected chi connectivity index (χ2v) is 5.34. The van der Waals surface area contributed by atoms with Gasteiger partial charge in [0, 0.05) is 28.5 Å². The molecule has 0 radical (unpaired) electrons. The molecule has 0 aliphatic carbocycles. The first kappa shape index (κ1) is 15.2. The second kappa shape index (κ2) is 6.53. The first-order valence-corrected chi connectivity index (χ1v) is 6.78. The van der Waals surface area contributed by atoms with Gasteiger partial charge < -0.3 is 5.11 Å². The third-order valence-electron chi connectivity index (χ3n) is 2.96. The maximum absolute atomic E-state index is 13.6. The van der Waals surface area contributed by atoms with Crippen LogP contribution in [-0.4, -0.2) is 11.2 Å². The van der Waals surface area contributed by atoms with Crippen molar-refractivity contribution in [3.63, 3.8) is 0 Å². The van der Waals surface area contributed by atoms with Crippen LogP contribution in [0.1, 0.15) is 11.1 Å². The molecular weight excluding hydrogens is 305 g/mol. The van der Waals surface area contributed by atoms with Crippen molar-refractivity contribution in [3.8, 4) is 0 Å². The smallest absolute Gasteiger partial charge is 0.127 e. The van der Waals surface area contributed by atoms with Gasteiger partial charge in [0.1, 0.15) is 11.6 Å². The van der Waals surface area contributed by atoms with Crippen molar-refractivity contribution >= 4 is 23.2 Å². The van der Waals surface area contributed by atoms with E-state index in [1.807, 2.05) is 0 Å². The molecular formula is C15H12Cl2F2O. The molecule has 0 heterocycles. The van der Waals surface area contributed by atoms with E-state index in [2.05, 4.69) is 0 Å². The van der Waals surface area contributed by atoms with E-state index in [4.69, 9.17) is 23.2 Å². The second-order valence-electron chi connectivity index (χ2n) is 4.50. The Kier molecular flexibility index (Phi) is 4.97. The van der Waals surface area contributed by atoms with Gasteiger partial charge in [-0.1, -0.05) is 29.3 Å². The summed E-state index contributed by atoms with van der Waals surface area (Å²) in [5, 5.41) is 10.6.